The minimum Gasteiger partial charge on any atom is -0.377 e. The average molecular weight is 322 g/mol. The third-order valence-electron chi connectivity index (χ3n) is 3.39. The van der Waals surface area contributed by atoms with Crippen molar-refractivity contribution in [3.63, 3.8) is 0 Å². The van der Waals surface area contributed by atoms with Crippen molar-refractivity contribution >= 4 is 8.80 Å². The van der Waals surface area contributed by atoms with Crippen LogP contribution in [0, 0.1) is 0 Å². The fraction of sp³-hybridized carbons (Fsp3) is 0.571. The maximum atomic E-state index is 12.6. The van der Waals surface area contributed by atoms with Crippen LogP contribution in [0.3, 0.4) is 0 Å². The first-order valence-electron chi connectivity index (χ1n) is 6.68. The summed E-state index contributed by atoms with van der Waals surface area (Å²) in [6, 6.07) is 6.09. The number of halogens is 3. The monoisotopic (exact) mass is 322 g/mol. The summed E-state index contributed by atoms with van der Waals surface area (Å²) in [4.78, 5) is 0. The van der Waals surface area contributed by atoms with Crippen molar-refractivity contribution in [1.82, 2.24) is 0 Å². The van der Waals surface area contributed by atoms with Gasteiger partial charge in [-0.2, -0.15) is 13.2 Å². The van der Waals surface area contributed by atoms with Crippen LogP contribution in [-0.4, -0.2) is 30.1 Å². The third kappa shape index (κ3) is 5.42. The molecule has 1 aromatic carbocycles. The van der Waals surface area contributed by atoms with Crippen molar-refractivity contribution in [2.24, 2.45) is 0 Å². The van der Waals surface area contributed by atoms with E-state index in [1.54, 1.807) is 27.4 Å². The van der Waals surface area contributed by atoms with Crippen LogP contribution in [0.1, 0.15) is 24.0 Å². The molecule has 0 amide bonds. The zero-order valence-corrected chi connectivity index (χ0v) is 13.5. The summed E-state index contributed by atoms with van der Waals surface area (Å²) in [6.45, 7) is 0. The van der Waals surface area contributed by atoms with Gasteiger partial charge in [-0.25, -0.2) is 0 Å². The molecular formula is C14H21F3O3Si. The number of hydrogen-bond donors (Lipinski definition) is 0. The van der Waals surface area contributed by atoms with E-state index in [0.717, 1.165) is 18.9 Å². The number of hydrogen-bond acceptors (Lipinski definition) is 3. The van der Waals surface area contributed by atoms with Crippen molar-refractivity contribution in [3.05, 3.63) is 35.4 Å². The Morgan fingerprint density at radius 2 is 1.62 bits per heavy atom. The molecule has 0 heterocycles. The number of alkyl halides is 3. The molecule has 0 aromatic heterocycles. The first-order chi connectivity index (χ1) is 9.87. The fourth-order valence-corrected chi connectivity index (χ4v) is 3.93. The van der Waals surface area contributed by atoms with E-state index < -0.39 is 20.5 Å². The lowest BCUT2D eigenvalue weighted by Gasteiger charge is -2.24. The van der Waals surface area contributed by atoms with Crippen LogP contribution in [0.25, 0.3) is 0 Å². The van der Waals surface area contributed by atoms with Gasteiger partial charge in [-0.3, -0.25) is 0 Å². The second-order valence-corrected chi connectivity index (χ2v) is 7.79. The summed E-state index contributed by atoms with van der Waals surface area (Å²) in [5.74, 6) is 0. The fourth-order valence-electron chi connectivity index (χ4n) is 2.13. The highest BCUT2D eigenvalue weighted by Crippen LogP contribution is 2.30. The van der Waals surface area contributed by atoms with Gasteiger partial charge >= 0.3 is 15.0 Å². The Labute approximate surface area is 124 Å². The van der Waals surface area contributed by atoms with Crippen LogP contribution in [0.5, 0.6) is 0 Å². The second-order valence-electron chi connectivity index (χ2n) is 4.70. The maximum Gasteiger partial charge on any atom is 0.500 e. The van der Waals surface area contributed by atoms with E-state index in [0.29, 0.717) is 18.0 Å². The molecule has 0 radical (unpaired) electrons. The molecule has 0 fully saturated rings. The van der Waals surface area contributed by atoms with Gasteiger partial charge in [0.1, 0.15) is 0 Å². The number of rotatable bonds is 8. The molecule has 0 spiro atoms. The normalized spacial score (nSPS) is 12.7. The van der Waals surface area contributed by atoms with E-state index in [-0.39, 0.29) is 0 Å². The van der Waals surface area contributed by atoms with Gasteiger partial charge in [0, 0.05) is 27.4 Å². The standard InChI is InChI=1S/C14H21F3O3Si/c1-18-21(19-2,20-3)10-5-4-7-12-8-6-9-13(11-12)14(15,16)17/h6,8-9,11H,4-5,7,10H2,1-3H3. The van der Waals surface area contributed by atoms with E-state index >= 15 is 0 Å². The molecule has 0 aliphatic rings. The van der Waals surface area contributed by atoms with Crippen LogP contribution in [0.4, 0.5) is 13.2 Å². The molecule has 0 saturated heterocycles. The molecule has 21 heavy (non-hydrogen) atoms. The molecule has 0 N–H and O–H groups in total. The van der Waals surface area contributed by atoms with Crippen LogP contribution in [-0.2, 0) is 25.9 Å². The molecule has 120 valence electrons. The molecule has 0 unspecified atom stereocenters. The van der Waals surface area contributed by atoms with Crippen LogP contribution in [0.15, 0.2) is 24.3 Å². The Kier molecular flexibility index (Phi) is 6.86. The largest absolute Gasteiger partial charge is 0.500 e. The van der Waals surface area contributed by atoms with Crippen LogP contribution < -0.4 is 0 Å². The average Bonchev–Trinajstić information content (AvgIpc) is 2.48. The summed E-state index contributed by atoms with van der Waals surface area (Å²) in [5, 5.41) is 0. The summed E-state index contributed by atoms with van der Waals surface area (Å²) in [6.07, 6.45) is -2.17. The lowest BCUT2D eigenvalue weighted by Crippen LogP contribution is -2.42. The lowest BCUT2D eigenvalue weighted by molar-refractivity contribution is -0.137. The topological polar surface area (TPSA) is 27.7 Å². The van der Waals surface area contributed by atoms with E-state index in [2.05, 4.69) is 0 Å². The number of aryl methyl sites for hydroxylation is 1. The van der Waals surface area contributed by atoms with E-state index in [1.807, 2.05) is 0 Å². The van der Waals surface area contributed by atoms with E-state index in [4.69, 9.17) is 13.3 Å². The van der Waals surface area contributed by atoms with Gasteiger partial charge in [-0.05, 0) is 30.9 Å². The molecule has 0 aliphatic heterocycles. The highest BCUT2D eigenvalue weighted by molar-refractivity contribution is 6.60. The SMILES string of the molecule is CO[Si](CCCCc1cccc(C(F)(F)F)c1)(OC)OC. The Bertz CT molecular complexity index is 425. The van der Waals surface area contributed by atoms with Crippen molar-refractivity contribution in [2.75, 3.05) is 21.3 Å². The minimum atomic E-state index is -4.29. The Hall–Kier alpha value is -0.893. The van der Waals surface area contributed by atoms with Gasteiger partial charge in [0.25, 0.3) is 0 Å². The van der Waals surface area contributed by atoms with Crippen LogP contribution in [0.2, 0.25) is 6.04 Å². The predicted molar refractivity (Wildman–Crippen MR) is 76.0 cm³/mol. The summed E-state index contributed by atoms with van der Waals surface area (Å²) >= 11 is 0. The quantitative estimate of drug-likeness (QED) is 0.536. The van der Waals surface area contributed by atoms with Gasteiger partial charge < -0.3 is 13.3 Å². The smallest absolute Gasteiger partial charge is 0.377 e. The third-order valence-corrected chi connectivity index (χ3v) is 6.22. The minimum absolute atomic E-state index is 0.589. The van der Waals surface area contributed by atoms with Gasteiger partial charge in [0.05, 0.1) is 5.56 Å². The van der Waals surface area contributed by atoms with Gasteiger partial charge in [0.2, 0.25) is 0 Å². The van der Waals surface area contributed by atoms with Gasteiger partial charge in [-0.1, -0.05) is 18.2 Å². The highest BCUT2D eigenvalue weighted by Gasteiger charge is 2.36. The van der Waals surface area contributed by atoms with Crippen molar-refractivity contribution in [2.45, 2.75) is 31.5 Å². The number of benzene rings is 1. The summed E-state index contributed by atoms with van der Waals surface area (Å²) < 4.78 is 53.7. The van der Waals surface area contributed by atoms with Gasteiger partial charge in [0.15, 0.2) is 0 Å². The number of unbranched alkanes of at least 4 members (excludes halogenated alkanes) is 1. The molecule has 3 nitrogen and oxygen atoms in total. The first-order valence-corrected chi connectivity index (χ1v) is 8.61. The summed E-state index contributed by atoms with van der Waals surface area (Å²) in [7, 11) is 2.07. The first kappa shape index (κ1) is 18.2. The molecular weight excluding hydrogens is 301 g/mol. The zero-order valence-electron chi connectivity index (χ0n) is 12.5. The second kappa shape index (κ2) is 7.93. The molecule has 1 rings (SSSR count). The van der Waals surface area contributed by atoms with Crippen LogP contribution >= 0.6 is 0 Å². The molecule has 0 atom stereocenters. The zero-order chi connectivity index (χ0) is 15.9. The Morgan fingerprint density at radius 3 is 2.14 bits per heavy atom. The molecule has 7 heteroatoms. The van der Waals surface area contributed by atoms with Crippen molar-refractivity contribution in [1.29, 1.82) is 0 Å². The maximum absolute atomic E-state index is 12.6. The Morgan fingerprint density at radius 1 is 1.00 bits per heavy atom. The molecule has 0 bridgehead atoms. The summed E-state index contributed by atoms with van der Waals surface area (Å²) in [5.41, 5.74) is 0.0822. The predicted octanol–water partition coefficient (Wildman–Crippen LogP) is 3.91. The van der Waals surface area contributed by atoms with Gasteiger partial charge in [-0.15, -0.1) is 0 Å². The van der Waals surface area contributed by atoms with E-state index in [1.165, 1.54) is 12.1 Å². The van der Waals surface area contributed by atoms with E-state index in [9.17, 15) is 13.2 Å². The Balaban J connectivity index is 2.50. The molecule has 0 saturated carbocycles. The molecule has 0 aliphatic carbocycles. The van der Waals surface area contributed by atoms with Crippen molar-refractivity contribution in [3.8, 4) is 0 Å². The lowest BCUT2D eigenvalue weighted by atomic mass is 10.1. The van der Waals surface area contributed by atoms with Crippen molar-refractivity contribution < 1.29 is 26.4 Å². The molecule has 1 aromatic rings. The highest BCUT2D eigenvalue weighted by atomic mass is 28.4.